The van der Waals surface area contributed by atoms with Crippen molar-refractivity contribution in [1.82, 2.24) is 0 Å². The van der Waals surface area contributed by atoms with Crippen LogP contribution in [0.25, 0.3) is 11.0 Å². The van der Waals surface area contributed by atoms with Crippen LogP contribution in [0.1, 0.15) is 0 Å². The van der Waals surface area contributed by atoms with E-state index < -0.39 is 20.5 Å². The van der Waals surface area contributed by atoms with E-state index in [0.29, 0.717) is 32.2 Å². The zero-order valence-corrected chi connectivity index (χ0v) is 11.7. The molecule has 1 saturated heterocycles. The van der Waals surface area contributed by atoms with E-state index in [0.717, 1.165) is 12.1 Å². The van der Waals surface area contributed by atoms with Crippen LogP contribution in [-0.4, -0.2) is 34.7 Å². The third-order valence-electron chi connectivity index (χ3n) is 3.29. The van der Waals surface area contributed by atoms with Crippen LogP contribution >= 0.6 is 0 Å². The summed E-state index contributed by atoms with van der Waals surface area (Å²) in [6.07, 6.45) is 0. The van der Waals surface area contributed by atoms with Crippen LogP contribution in [0.5, 0.6) is 0 Å². The third-order valence-corrected chi connectivity index (χ3v) is 4.11. The van der Waals surface area contributed by atoms with E-state index in [1.54, 1.807) is 0 Å². The zero-order chi connectivity index (χ0) is 15.0. The molecule has 0 unspecified atom stereocenters. The van der Waals surface area contributed by atoms with Gasteiger partial charge < -0.3 is 14.1 Å². The first-order chi connectivity index (χ1) is 9.95. The lowest BCUT2D eigenvalue weighted by Gasteiger charge is -2.27. The molecule has 112 valence electrons. The molecule has 6 nitrogen and oxygen atoms in total. The van der Waals surface area contributed by atoms with Crippen molar-refractivity contribution < 1.29 is 21.5 Å². The Morgan fingerprint density at radius 3 is 2.52 bits per heavy atom. The van der Waals surface area contributed by atoms with Gasteiger partial charge in [0.05, 0.1) is 23.5 Å². The quantitative estimate of drug-likeness (QED) is 0.778. The van der Waals surface area contributed by atoms with Gasteiger partial charge in [0.25, 0.3) is 0 Å². The highest BCUT2D eigenvalue weighted by Gasteiger charge is 2.17. The monoisotopic (exact) mass is 313 g/mol. The van der Waals surface area contributed by atoms with Crippen LogP contribution in [-0.2, 0) is 15.0 Å². The molecule has 3 rings (SSSR count). The van der Waals surface area contributed by atoms with Crippen LogP contribution < -0.4 is 10.3 Å². The summed E-state index contributed by atoms with van der Waals surface area (Å²) >= 11 is 0. The lowest BCUT2D eigenvalue weighted by molar-refractivity contribution is 0.121. The van der Waals surface area contributed by atoms with Crippen LogP contribution in [0.4, 0.5) is 9.77 Å². The molecule has 1 aromatic heterocycles. The van der Waals surface area contributed by atoms with Crippen molar-refractivity contribution in [3.05, 3.63) is 34.5 Å². The molecular weight excluding hydrogens is 301 g/mol. The minimum Gasteiger partial charge on any atom is -0.440 e. The minimum absolute atomic E-state index is 0.0331. The van der Waals surface area contributed by atoms with Crippen LogP contribution in [0.2, 0.25) is 0 Å². The molecular formula is C13H12FNO5S. The average molecular weight is 313 g/mol. The first-order valence-electron chi connectivity index (χ1n) is 6.30. The van der Waals surface area contributed by atoms with Gasteiger partial charge in [-0.3, -0.25) is 4.79 Å². The van der Waals surface area contributed by atoms with E-state index in [1.807, 2.05) is 4.90 Å². The summed E-state index contributed by atoms with van der Waals surface area (Å²) in [6.45, 7) is 2.29. The molecule has 21 heavy (non-hydrogen) atoms. The molecule has 0 atom stereocenters. The van der Waals surface area contributed by atoms with Crippen LogP contribution in [0, 0.1) is 0 Å². The highest BCUT2D eigenvalue weighted by molar-refractivity contribution is 7.86. The molecule has 8 heteroatoms. The molecule has 0 spiro atoms. The molecule has 0 saturated carbocycles. The number of hydrogen-bond donors (Lipinski definition) is 0. The van der Waals surface area contributed by atoms with E-state index in [2.05, 4.69) is 0 Å². The zero-order valence-electron chi connectivity index (χ0n) is 10.9. The number of morpholine rings is 1. The molecule has 0 amide bonds. The van der Waals surface area contributed by atoms with Crippen LogP contribution in [0.3, 0.4) is 0 Å². The van der Waals surface area contributed by atoms with Crippen molar-refractivity contribution >= 4 is 27.1 Å². The molecule has 2 heterocycles. The molecule has 1 aliphatic rings. The van der Waals surface area contributed by atoms with Gasteiger partial charge in [-0.25, -0.2) is 0 Å². The van der Waals surface area contributed by atoms with Crippen molar-refractivity contribution in [3.63, 3.8) is 0 Å². The maximum atomic E-state index is 13.0. The van der Waals surface area contributed by atoms with Gasteiger partial charge in [0.2, 0.25) is 0 Å². The van der Waals surface area contributed by atoms with Crippen molar-refractivity contribution in [1.29, 1.82) is 0 Å². The molecule has 0 aliphatic carbocycles. The second kappa shape index (κ2) is 5.12. The average Bonchev–Trinajstić information content (AvgIpc) is 2.47. The maximum absolute atomic E-state index is 13.0. The molecule has 2 aromatic rings. The van der Waals surface area contributed by atoms with E-state index in [-0.39, 0.29) is 11.0 Å². The Labute approximate surface area is 119 Å². The van der Waals surface area contributed by atoms with Gasteiger partial charge in [0.15, 0.2) is 11.3 Å². The van der Waals surface area contributed by atoms with E-state index in [4.69, 9.17) is 9.15 Å². The Morgan fingerprint density at radius 2 is 1.86 bits per heavy atom. The van der Waals surface area contributed by atoms with Crippen molar-refractivity contribution in [2.24, 2.45) is 0 Å². The second-order valence-corrected chi connectivity index (χ2v) is 5.99. The van der Waals surface area contributed by atoms with Gasteiger partial charge in [-0.1, -0.05) is 0 Å². The normalized spacial score (nSPS) is 16.3. The van der Waals surface area contributed by atoms with Crippen molar-refractivity contribution in [2.45, 2.75) is 4.90 Å². The lowest BCUT2D eigenvalue weighted by atomic mass is 10.2. The molecule has 1 aromatic carbocycles. The number of hydrogen-bond acceptors (Lipinski definition) is 6. The first-order valence-corrected chi connectivity index (χ1v) is 7.69. The summed E-state index contributed by atoms with van der Waals surface area (Å²) in [5.41, 5.74) is -0.195. The van der Waals surface area contributed by atoms with Gasteiger partial charge in [0.1, 0.15) is 5.58 Å². The minimum atomic E-state index is -4.85. The summed E-state index contributed by atoms with van der Waals surface area (Å²) in [7, 11) is -4.85. The highest BCUT2D eigenvalue weighted by atomic mass is 32.3. The van der Waals surface area contributed by atoms with Gasteiger partial charge >= 0.3 is 10.2 Å². The fourth-order valence-electron chi connectivity index (χ4n) is 2.21. The smallest absolute Gasteiger partial charge is 0.332 e. The molecule has 1 fully saturated rings. The molecule has 1 aliphatic heterocycles. The number of fused-ring (bicyclic) bond motifs is 1. The van der Waals surface area contributed by atoms with Gasteiger partial charge in [0, 0.05) is 19.2 Å². The number of nitrogens with zero attached hydrogens (tertiary/aromatic N) is 1. The lowest BCUT2D eigenvalue weighted by Crippen LogP contribution is -2.36. The second-order valence-electron chi connectivity index (χ2n) is 4.64. The third kappa shape index (κ3) is 2.77. The highest BCUT2D eigenvalue weighted by Crippen LogP contribution is 2.23. The SMILES string of the molecule is O=c1cc(N2CCOCC2)oc2ccc(S(=O)(=O)F)cc12. The van der Waals surface area contributed by atoms with E-state index >= 15 is 0 Å². The summed E-state index contributed by atoms with van der Waals surface area (Å²) < 4.78 is 45.6. The number of halogens is 1. The van der Waals surface area contributed by atoms with Gasteiger partial charge in [-0.2, -0.15) is 8.42 Å². The fraction of sp³-hybridized carbons (Fsp3) is 0.308. The largest absolute Gasteiger partial charge is 0.440 e. The maximum Gasteiger partial charge on any atom is 0.332 e. The van der Waals surface area contributed by atoms with E-state index in [9.17, 15) is 17.1 Å². The predicted molar refractivity (Wildman–Crippen MR) is 73.8 cm³/mol. The number of anilines is 1. The topological polar surface area (TPSA) is 76.8 Å². The Morgan fingerprint density at radius 1 is 1.14 bits per heavy atom. The van der Waals surface area contributed by atoms with Crippen molar-refractivity contribution in [3.8, 4) is 0 Å². The Hall–Kier alpha value is -1.93. The standard InChI is InChI=1S/C13H12FNO5S/c14-21(17,18)9-1-2-12-10(7-9)11(16)8-13(20-12)15-3-5-19-6-4-15/h1-2,7-8H,3-6H2. The number of ether oxygens (including phenoxy) is 1. The Kier molecular flexibility index (Phi) is 3.42. The Bertz CT molecular complexity index is 839. The first kappa shape index (κ1) is 14.0. The fourth-order valence-corrected chi connectivity index (χ4v) is 2.70. The van der Waals surface area contributed by atoms with Gasteiger partial charge in [-0.05, 0) is 18.2 Å². The molecule has 0 radical (unpaired) electrons. The predicted octanol–water partition coefficient (Wildman–Crippen LogP) is 1.29. The van der Waals surface area contributed by atoms with Crippen molar-refractivity contribution in [2.75, 3.05) is 31.2 Å². The summed E-state index contributed by atoms with van der Waals surface area (Å²) in [4.78, 5) is 13.4. The summed E-state index contributed by atoms with van der Waals surface area (Å²) in [6, 6.07) is 4.62. The van der Waals surface area contributed by atoms with Gasteiger partial charge in [-0.15, -0.1) is 3.89 Å². The number of benzene rings is 1. The summed E-state index contributed by atoms with van der Waals surface area (Å²) in [5, 5.41) is 0.0331. The van der Waals surface area contributed by atoms with E-state index in [1.165, 1.54) is 12.1 Å². The Balaban J connectivity index is 2.11. The molecule has 0 bridgehead atoms. The summed E-state index contributed by atoms with van der Waals surface area (Å²) in [5.74, 6) is 0.395. The number of rotatable bonds is 2. The molecule has 0 N–H and O–H groups in total. The van der Waals surface area contributed by atoms with Crippen LogP contribution in [0.15, 0.2) is 38.4 Å².